The second kappa shape index (κ2) is 8.23. The molecule has 5 heteroatoms. The molecule has 1 heterocycles. The predicted molar refractivity (Wildman–Crippen MR) is 103 cm³/mol. The Kier molecular flexibility index (Phi) is 5.78. The highest BCUT2D eigenvalue weighted by Gasteiger charge is 2.21. The summed E-state index contributed by atoms with van der Waals surface area (Å²) in [5.41, 5.74) is 4.53. The standard InChI is InChI=1S/C21H26N2O3/c1-4-15-6-5-7-18(10-15)22-21(24)14-23-9-8-16-11-19(25-2)20(26-3)12-17(16)13-23/h5-7,10-12H,4,8-9,13-14H2,1-3H3,(H,22,24). The van der Waals surface area contributed by atoms with Crippen LogP contribution in [-0.4, -0.2) is 38.1 Å². The maximum Gasteiger partial charge on any atom is 0.238 e. The van der Waals surface area contributed by atoms with E-state index in [1.165, 1.54) is 16.7 Å². The molecule has 0 saturated carbocycles. The first-order chi connectivity index (χ1) is 12.6. The van der Waals surface area contributed by atoms with Gasteiger partial charge in [0.25, 0.3) is 0 Å². The number of methoxy groups -OCH3 is 2. The molecule has 1 N–H and O–H groups in total. The van der Waals surface area contributed by atoms with Crippen molar-refractivity contribution in [1.29, 1.82) is 0 Å². The molecule has 0 saturated heterocycles. The van der Waals surface area contributed by atoms with Crippen molar-refractivity contribution in [1.82, 2.24) is 4.90 Å². The minimum absolute atomic E-state index is 0.0159. The number of carbonyl (C=O) groups excluding carboxylic acids is 1. The molecule has 0 unspecified atom stereocenters. The molecule has 0 atom stereocenters. The largest absolute Gasteiger partial charge is 0.493 e. The Labute approximate surface area is 154 Å². The average Bonchev–Trinajstić information content (AvgIpc) is 2.66. The van der Waals surface area contributed by atoms with Crippen molar-refractivity contribution in [2.75, 3.05) is 32.6 Å². The van der Waals surface area contributed by atoms with E-state index in [4.69, 9.17) is 9.47 Å². The molecule has 0 spiro atoms. The maximum absolute atomic E-state index is 12.4. The van der Waals surface area contributed by atoms with Gasteiger partial charge in [-0.3, -0.25) is 9.69 Å². The number of hydrogen-bond acceptors (Lipinski definition) is 4. The highest BCUT2D eigenvalue weighted by Crippen LogP contribution is 2.33. The van der Waals surface area contributed by atoms with E-state index in [2.05, 4.69) is 23.2 Å². The third-order valence-electron chi connectivity index (χ3n) is 4.78. The Hall–Kier alpha value is -2.53. The second-order valence-electron chi connectivity index (χ2n) is 6.54. The first kappa shape index (κ1) is 18.3. The molecule has 5 nitrogen and oxygen atoms in total. The van der Waals surface area contributed by atoms with Crippen molar-refractivity contribution in [2.45, 2.75) is 26.3 Å². The topological polar surface area (TPSA) is 50.8 Å². The highest BCUT2D eigenvalue weighted by atomic mass is 16.5. The summed E-state index contributed by atoms with van der Waals surface area (Å²) >= 11 is 0. The molecule has 1 amide bonds. The van der Waals surface area contributed by atoms with Gasteiger partial charge in [0, 0.05) is 18.8 Å². The molecule has 3 rings (SSSR count). The van der Waals surface area contributed by atoms with Crippen molar-refractivity contribution in [3.63, 3.8) is 0 Å². The molecule has 0 radical (unpaired) electrons. The number of hydrogen-bond donors (Lipinski definition) is 1. The smallest absolute Gasteiger partial charge is 0.238 e. The summed E-state index contributed by atoms with van der Waals surface area (Å²) in [5.74, 6) is 1.50. The molecular weight excluding hydrogens is 328 g/mol. The lowest BCUT2D eigenvalue weighted by molar-refractivity contribution is -0.117. The maximum atomic E-state index is 12.4. The first-order valence-corrected chi connectivity index (χ1v) is 8.97. The van der Waals surface area contributed by atoms with Crippen LogP contribution >= 0.6 is 0 Å². The van der Waals surface area contributed by atoms with Gasteiger partial charge in [-0.2, -0.15) is 0 Å². The number of rotatable bonds is 6. The van der Waals surface area contributed by atoms with Gasteiger partial charge in [0.15, 0.2) is 11.5 Å². The highest BCUT2D eigenvalue weighted by molar-refractivity contribution is 5.92. The van der Waals surface area contributed by atoms with E-state index >= 15 is 0 Å². The van der Waals surface area contributed by atoms with Crippen LogP contribution in [-0.2, 0) is 24.2 Å². The van der Waals surface area contributed by atoms with Crippen LogP contribution in [0.25, 0.3) is 0 Å². The molecule has 26 heavy (non-hydrogen) atoms. The van der Waals surface area contributed by atoms with Gasteiger partial charge in [0.2, 0.25) is 5.91 Å². The van der Waals surface area contributed by atoms with Crippen LogP contribution in [0.15, 0.2) is 36.4 Å². The first-order valence-electron chi connectivity index (χ1n) is 8.97. The van der Waals surface area contributed by atoms with E-state index in [1.54, 1.807) is 14.2 Å². The monoisotopic (exact) mass is 354 g/mol. The van der Waals surface area contributed by atoms with Gasteiger partial charge in [0.1, 0.15) is 0 Å². The van der Waals surface area contributed by atoms with Gasteiger partial charge in [-0.05, 0) is 53.8 Å². The molecule has 138 valence electrons. The van der Waals surface area contributed by atoms with Crippen molar-refractivity contribution in [3.05, 3.63) is 53.1 Å². The molecule has 0 bridgehead atoms. The minimum Gasteiger partial charge on any atom is -0.493 e. The Morgan fingerprint density at radius 3 is 2.54 bits per heavy atom. The van der Waals surface area contributed by atoms with Crippen LogP contribution in [0.5, 0.6) is 11.5 Å². The van der Waals surface area contributed by atoms with Gasteiger partial charge < -0.3 is 14.8 Å². The normalized spacial score (nSPS) is 13.8. The summed E-state index contributed by atoms with van der Waals surface area (Å²) in [4.78, 5) is 14.6. The van der Waals surface area contributed by atoms with Crippen molar-refractivity contribution >= 4 is 11.6 Å². The molecule has 2 aromatic carbocycles. The number of nitrogens with one attached hydrogen (secondary N) is 1. The molecule has 1 aliphatic heterocycles. The number of benzene rings is 2. The van der Waals surface area contributed by atoms with Gasteiger partial charge in [-0.1, -0.05) is 19.1 Å². The number of nitrogens with zero attached hydrogens (tertiary/aromatic N) is 1. The quantitative estimate of drug-likeness (QED) is 0.865. The number of fused-ring (bicyclic) bond motifs is 1. The van der Waals surface area contributed by atoms with E-state index < -0.39 is 0 Å². The lowest BCUT2D eigenvalue weighted by Gasteiger charge is -2.29. The van der Waals surface area contributed by atoms with Gasteiger partial charge in [0.05, 0.1) is 20.8 Å². The van der Waals surface area contributed by atoms with E-state index in [-0.39, 0.29) is 5.91 Å². The Balaban J connectivity index is 1.64. The zero-order valence-electron chi connectivity index (χ0n) is 15.7. The van der Waals surface area contributed by atoms with Crippen LogP contribution in [0.3, 0.4) is 0 Å². The van der Waals surface area contributed by atoms with Crippen LogP contribution in [0, 0.1) is 0 Å². The zero-order chi connectivity index (χ0) is 18.5. The van der Waals surface area contributed by atoms with Crippen molar-refractivity contribution in [3.8, 4) is 11.5 Å². The van der Waals surface area contributed by atoms with E-state index in [0.29, 0.717) is 6.54 Å². The number of ether oxygens (including phenoxy) is 2. The molecule has 0 aliphatic carbocycles. The lowest BCUT2D eigenvalue weighted by atomic mass is 9.99. The minimum atomic E-state index is 0.0159. The SMILES string of the molecule is CCc1cccc(NC(=O)CN2CCc3cc(OC)c(OC)cc3C2)c1. The summed E-state index contributed by atoms with van der Waals surface area (Å²) in [6.07, 6.45) is 1.85. The summed E-state index contributed by atoms with van der Waals surface area (Å²) in [6, 6.07) is 12.1. The molecule has 1 aliphatic rings. The molecular formula is C21H26N2O3. The van der Waals surface area contributed by atoms with Crippen LogP contribution in [0.4, 0.5) is 5.69 Å². The predicted octanol–water partition coefficient (Wildman–Crippen LogP) is 3.26. The Morgan fingerprint density at radius 1 is 1.12 bits per heavy atom. The number of carbonyl (C=O) groups is 1. The third-order valence-corrected chi connectivity index (χ3v) is 4.78. The Morgan fingerprint density at radius 2 is 1.85 bits per heavy atom. The summed E-state index contributed by atoms with van der Waals surface area (Å²) in [5, 5.41) is 3.00. The van der Waals surface area contributed by atoms with Crippen LogP contribution in [0.2, 0.25) is 0 Å². The molecule has 0 aromatic heterocycles. The number of aryl methyl sites for hydroxylation is 1. The second-order valence-corrected chi connectivity index (χ2v) is 6.54. The fraction of sp³-hybridized carbons (Fsp3) is 0.381. The van der Waals surface area contributed by atoms with Gasteiger partial charge >= 0.3 is 0 Å². The van der Waals surface area contributed by atoms with E-state index in [0.717, 1.165) is 43.1 Å². The number of anilines is 1. The van der Waals surface area contributed by atoms with Crippen LogP contribution in [0.1, 0.15) is 23.6 Å². The van der Waals surface area contributed by atoms with E-state index in [9.17, 15) is 4.79 Å². The van der Waals surface area contributed by atoms with Crippen LogP contribution < -0.4 is 14.8 Å². The zero-order valence-corrected chi connectivity index (χ0v) is 15.7. The Bertz CT molecular complexity index is 789. The summed E-state index contributed by atoms with van der Waals surface area (Å²) in [7, 11) is 3.29. The third kappa shape index (κ3) is 4.17. The molecule has 2 aromatic rings. The fourth-order valence-corrected chi connectivity index (χ4v) is 3.35. The molecule has 0 fully saturated rings. The van der Waals surface area contributed by atoms with E-state index in [1.807, 2.05) is 30.3 Å². The number of amides is 1. The van der Waals surface area contributed by atoms with Crippen molar-refractivity contribution < 1.29 is 14.3 Å². The van der Waals surface area contributed by atoms with Gasteiger partial charge in [-0.25, -0.2) is 0 Å². The average molecular weight is 354 g/mol. The van der Waals surface area contributed by atoms with Crippen molar-refractivity contribution in [2.24, 2.45) is 0 Å². The fourth-order valence-electron chi connectivity index (χ4n) is 3.35. The lowest BCUT2D eigenvalue weighted by Crippen LogP contribution is -2.37. The summed E-state index contributed by atoms with van der Waals surface area (Å²) < 4.78 is 10.8. The van der Waals surface area contributed by atoms with Gasteiger partial charge in [-0.15, -0.1) is 0 Å². The summed E-state index contributed by atoms with van der Waals surface area (Å²) in [6.45, 7) is 4.07.